The smallest absolute Gasteiger partial charge is 0.263 e. The SMILES string of the molecule is N/C(=N/O)c1cccc(NC(=O)c2c(O)cccc2O)c1. The largest absolute Gasteiger partial charge is 0.507 e. The Labute approximate surface area is 120 Å². The highest BCUT2D eigenvalue weighted by atomic mass is 16.4. The number of hydrogen-bond acceptors (Lipinski definition) is 5. The molecule has 1 amide bonds. The van der Waals surface area contributed by atoms with E-state index < -0.39 is 5.91 Å². The van der Waals surface area contributed by atoms with Gasteiger partial charge in [-0.3, -0.25) is 4.79 Å². The van der Waals surface area contributed by atoms with Gasteiger partial charge in [0.25, 0.3) is 5.91 Å². The molecule has 0 aromatic heterocycles. The van der Waals surface area contributed by atoms with Crippen molar-refractivity contribution < 1.29 is 20.2 Å². The molecule has 21 heavy (non-hydrogen) atoms. The molecule has 2 aromatic rings. The van der Waals surface area contributed by atoms with Crippen molar-refractivity contribution in [1.29, 1.82) is 0 Å². The Kier molecular flexibility index (Phi) is 3.94. The van der Waals surface area contributed by atoms with Gasteiger partial charge in [-0.1, -0.05) is 23.4 Å². The Balaban J connectivity index is 2.28. The molecule has 2 rings (SSSR count). The first-order valence-corrected chi connectivity index (χ1v) is 5.93. The van der Waals surface area contributed by atoms with Crippen LogP contribution in [0.15, 0.2) is 47.6 Å². The van der Waals surface area contributed by atoms with Gasteiger partial charge in [0.15, 0.2) is 5.84 Å². The number of hydrogen-bond donors (Lipinski definition) is 5. The summed E-state index contributed by atoms with van der Waals surface area (Å²) >= 11 is 0. The van der Waals surface area contributed by atoms with E-state index in [9.17, 15) is 15.0 Å². The van der Waals surface area contributed by atoms with E-state index in [-0.39, 0.29) is 22.9 Å². The minimum atomic E-state index is -0.678. The summed E-state index contributed by atoms with van der Waals surface area (Å²) < 4.78 is 0. The third kappa shape index (κ3) is 3.03. The molecule has 0 aliphatic rings. The van der Waals surface area contributed by atoms with Gasteiger partial charge >= 0.3 is 0 Å². The summed E-state index contributed by atoms with van der Waals surface area (Å²) in [6, 6.07) is 10.3. The summed E-state index contributed by atoms with van der Waals surface area (Å²) in [7, 11) is 0. The van der Waals surface area contributed by atoms with E-state index in [1.165, 1.54) is 24.3 Å². The molecule has 0 atom stereocenters. The monoisotopic (exact) mass is 287 g/mol. The number of rotatable bonds is 3. The fourth-order valence-corrected chi connectivity index (χ4v) is 1.77. The van der Waals surface area contributed by atoms with Crippen LogP contribution < -0.4 is 11.1 Å². The molecule has 2 aromatic carbocycles. The molecule has 0 unspecified atom stereocenters. The van der Waals surface area contributed by atoms with Crippen molar-refractivity contribution >= 4 is 17.4 Å². The number of amidine groups is 1. The zero-order valence-electron chi connectivity index (χ0n) is 10.8. The molecule has 0 saturated heterocycles. The van der Waals surface area contributed by atoms with Crippen LogP contribution in [0.3, 0.4) is 0 Å². The van der Waals surface area contributed by atoms with E-state index in [0.717, 1.165) is 0 Å². The third-order valence-corrected chi connectivity index (χ3v) is 2.77. The average Bonchev–Trinajstić information content (AvgIpc) is 2.46. The number of aromatic hydroxyl groups is 2. The number of phenols is 2. The van der Waals surface area contributed by atoms with Crippen LogP contribution in [0.1, 0.15) is 15.9 Å². The molecule has 0 fully saturated rings. The van der Waals surface area contributed by atoms with E-state index in [1.54, 1.807) is 18.2 Å². The van der Waals surface area contributed by atoms with E-state index in [1.807, 2.05) is 0 Å². The van der Waals surface area contributed by atoms with Gasteiger partial charge in [0.1, 0.15) is 17.1 Å². The second kappa shape index (κ2) is 5.83. The number of carbonyl (C=O) groups excluding carboxylic acids is 1. The highest BCUT2D eigenvalue weighted by Gasteiger charge is 2.16. The normalized spacial score (nSPS) is 11.1. The van der Waals surface area contributed by atoms with Crippen molar-refractivity contribution in [2.75, 3.05) is 5.32 Å². The summed E-state index contributed by atoms with van der Waals surface area (Å²) in [5, 5.41) is 33.3. The Bertz CT molecular complexity index is 693. The van der Waals surface area contributed by atoms with Crippen LogP contribution in [0, 0.1) is 0 Å². The molecule has 0 spiro atoms. The van der Waals surface area contributed by atoms with Gasteiger partial charge in [-0.05, 0) is 24.3 Å². The highest BCUT2D eigenvalue weighted by molar-refractivity contribution is 6.08. The van der Waals surface area contributed by atoms with Crippen molar-refractivity contribution in [3.05, 3.63) is 53.6 Å². The van der Waals surface area contributed by atoms with E-state index in [0.29, 0.717) is 11.3 Å². The molecule has 0 aliphatic carbocycles. The molecule has 0 saturated carbocycles. The number of phenolic OH excluding ortho intramolecular Hbond substituents is 2. The molecule has 0 aliphatic heterocycles. The zero-order chi connectivity index (χ0) is 15.4. The lowest BCUT2D eigenvalue weighted by Gasteiger charge is -2.09. The molecule has 0 heterocycles. The summed E-state index contributed by atoms with van der Waals surface area (Å²) in [6.45, 7) is 0. The van der Waals surface area contributed by atoms with Crippen molar-refractivity contribution in [1.82, 2.24) is 0 Å². The first-order valence-electron chi connectivity index (χ1n) is 5.93. The summed E-state index contributed by atoms with van der Waals surface area (Å²) in [5.74, 6) is -1.45. The van der Waals surface area contributed by atoms with E-state index >= 15 is 0 Å². The molecular formula is C14H13N3O4. The quantitative estimate of drug-likeness (QED) is 0.252. The lowest BCUT2D eigenvalue weighted by Crippen LogP contribution is -2.15. The Morgan fingerprint density at radius 1 is 1.10 bits per heavy atom. The van der Waals surface area contributed by atoms with E-state index in [2.05, 4.69) is 10.5 Å². The standard InChI is InChI=1S/C14H13N3O4/c15-13(17-21)8-3-1-4-9(7-8)16-14(20)12-10(18)5-2-6-11(12)19/h1-7,18-19,21H,(H2,15,17)(H,16,20). The number of carbonyl (C=O) groups is 1. The van der Waals surface area contributed by atoms with Gasteiger partial charge in [-0.15, -0.1) is 0 Å². The van der Waals surface area contributed by atoms with Crippen LogP contribution in [-0.4, -0.2) is 27.2 Å². The van der Waals surface area contributed by atoms with Crippen molar-refractivity contribution in [2.45, 2.75) is 0 Å². The van der Waals surface area contributed by atoms with Crippen LogP contribution in [0.25, 0.3) is 0 Å². The van der Waals surface area contributed by atoms with Crippen molar-refractivity contribution in [3.63, 3.8) is 0 Å². The number of oxime groups is 1. The molecule has 108 valence electrons. The summed E-state index contributed by atoms with van der Waals surface area (Å²) in [4.78, 5) is 12.1. The van der Waals surface area contributed by atoms with Gasteiger partial charge in [0.05, 0.1) is 0 Å². The van der Waals surface area contributed by atoms with Gasteiger partial charge in [-0.2, -0.15) is 0 Å². The second-order valence-corrected chi connectivity index (χ2v) is 4.19. The zero-order valence-corrected chi connectivity index (χ0v) is 10.8. The Hall–Kier alpha value is -3.22. The first kappa shape index (κ1) is 14.2. The fourth-order valence-electron chi connectivity index (χ4n) is 1.77. The van der Waals surface area contributed by atoms with Gasteiger partial charge in [0, 0.05) is 11.3 Å². The fraction of sp³-hybridized carbons (Fsp3) is 0. The third-order valence-electron chi connectivity index (χ3n) is 2.77. The highest BCUT2D eigenvalue weighted by Crippen LogP contribution is 2.27. The van der Waals surface area contributed by atoms with Crippen LogP contribution in [-0.2, 0) is 0 Å². The molecule has 0 radical (unpaired) electrons. The topological polar surface area (TPSA) is 128 Å². The number of nitrogens with zero attached hydrogens (tertiary/aromatic N) is 1. The Morgan fingerprint density at radius 2 is 1.71 bits per heavy atom. The predicted molar refractivity (Wildman–Crippen MR) is 76.7 cm³/mol. The Morgan fingerprint density at radius 3 is 2.33 bits per heavy atom. The van der Waals surface area contributed by atoms with Gasteiger partial charge in [-0.25, -0.2) is 0 Å². The number of nitrogens with one attached hydrogen (secondary N) is 1. The number of amides is 1. The maximum Gasteiger partial charge on any atom is 0.263 e. The van der Waals surface area contributed by atoms with Gasteiger partial charge < -0.3 is 26.5 Å². The minimum Gasteiger partial charge on any atom is -0.507 e. The predicted octanol–water partition coefficient (Wildman–Crippen LogP) is 1.44. The number of nitrogens with two attached hydrogens (primary N) is 1. The van der Waals surface area contributed by atoms with Crippen LogP contribution >= 0.6 is 0 Å². The van der Waals surface area contributed by atoms with E-state index in [4.69, 9.17) is 10.9 Å². The summed E-state index contributed by atoms with van der Waals surface area (Å²) in [6.07, 6.45) is 0. The molecule has 0 bridgehead atoms. The van der Waals surface area contributed by atoms with Crippen LogP contribution in [0.4, 0.5) is 5.69 Å². The minimum absolute atomic E-state index is 0.100. The first-order chi connectivity index (χ1) is 10.0. The van der Waals surface area contributed by atoms with Crippen LogP contribution in [0.5, 0.6) is 11.5 Å². The molecule has 6 N–H and O–H groups in total. The number of benzene rings is 2. The maximum atomic E-state index is 12.1. The lowest BCUT2D eigenvalue weighted by atomic mass is 10.1. The number of anilines is 1. The maximum absolute atomic E-state index is 12.1. The molecule has 7 heteroatoms. The molecular weight excluding hydrogens is 274 g/mol. The average molecular weight is 287 g/mol. The molecule has 7 nitrogen and oxygen atoms in total. The van der Waals surface area contributed by atoms with Crippen LogP contribution in [0.2, 0.25) is 0 Å². The lowest BCUT2D eigenvalue weighted by molar-refractivity contribution is 0.102. The van der Waals surface area contributed by atoms with Crippen molar-refractivity contribution in [2.24, 2.45) is 10.9 Å². The van der Waals surface area contributed by atoms with Crippen molar-refractivity contribution in [3.8, 4) is 11.5 Å². The second-order valence-electron chi connectivity index (χ2n) is 4.19. The summed E-state index contributed by atoms with van der Waals surface area (Å²) in [5.41, 5.74) is 6.01. The van der Waals surface area contributed by atoms with Gasteiger partial charge in [0.2, 0.25) is 0 Å².